The SMILES string of the molecule is CCc1cc(NCC2CCCCC2)n(C)n1. The van der Waals surface area contributed by atoms with Gasteiger partial charge in [-0.05, 0) is 25.2 Å². The molecule has 0 unspecified atom stereocenters. The van der Waals surface area contributed by atoms with Crippen LogP contribution in [0.4, 0.5) is 5.82 Å². The van der Waals surface area contributed by atoms with Crippen molar-refractivity contribution < 1.29 is 0 Å². The molecule has 3 nitrogen and oxygen atoms in total. The maximum Gasteiger partial charge on any atom is 0.124 e. The monoisotopic (exact) mass is 221 g/mol. The van der Waals surface area contributed by atoms with E-state index >= 15 is 0 Å². The summed E-state index contributed by atoms with van der Waals surface area (Å²) in [5.41, 5.74) is 1.17. The highest BCUT2D eigenvalue weighted by molar-refractivity contribution is 5.36. The highest BCUT2D eigenvalue weighted by Gasteiger charge is 2.13. The van der Waals surface area contributed by atoms with Crippen molar-refractivity contribution in [1.82, 2.24) is 9.78 Å². The van der Waals surface area contributed by atoms with Crippen LogP contribution in [0.25, 0.3) is 0 Å². The molecular weight excluding hydrogens is 198 g/mol. The van der Waals surface area contributed by atoms with Crippen LogP contribution < -0.4 is 5.32 Å². The van der Waals surface area contributed by atoms with Gasteiger partial charge in [0.2, 0.25) is 0 Å². The van der Waals surface area contributed by atoms with Crippen molar-refractivity contribution in [2.24, 2.45) is 13.0 Å². The molecule has 0 bridgehead atoms. The summed E-state index contributed by atoms with van der Waals surface area (Å²) in [6.07, 6.45) is 8.06. The molecule has 1 aromatic rings. The first-order chi connectivity index (χ1) is 7.79. The minimum atomic E-state index is 0.869. The summed E-state index contributed by atoms with van der Waals surface area (Å²) in [6, 6.07) is 2.17. The van der Waals surface area contributed by atoms with E-state index in [1.54, 1.807) is 0 Å². The van der Waals surface area contributed by atoms with Gasteiger partial charge in [0.05, 0.1) is 5.69 Å². The Bertz CT molecular complexity index is 324. The molecule has 1 heterocycles. The molecule has 1 fully saturated rings. The third-order valence-electron chi connectivity index (χ3n) is 3.59. The van der Waals surface area contributed by atoms with Crippen molar-refractivity contribution in [1.29, 1.82) is 0 Å². The molecule has 1 aliphatic rings. The van der Waals surface area contributed by atoms with Crippen LogP contribution in [0.3, 0.4) is 0 Å². The number of nitrogens with zero attached hydrogens (tertiary/aromatic N) is 2. The van der Waals surface area contributed by atoms with Gasteiger partial charge in [-0.3, -0.25) is 4.68 Å². The molecule has 0 amide bonds. The van der Waals surface area contributed by atoms with E-state index in [0.29, 0.717) is 0 Å². The largest absolute Gasteiger partial charge is 0.370 e. The Morgan fingerprint density at radius 3 is 2.75 bits per heavy atom. The summed E-state index contributed by atoms with van der Waals surface area (Å²) < 4.78 is 1.96. The second-order valence-electron chi connectivity index (χ2n) is 4.88. The topological polar surface area (TPSA) is 29.9 Å². The van der Waals surface area contributed by atoms with Crippen LogP contribution in [0.1, 0.15) is 44.7 Å². The first-order valence-electron chi connectivity index (χ1n) is 6.56. The van der Waals surface area contributed by atoms with Gasteiger partial charge in [-0.15, -0.1) is 0 Å². The van der Waals surface area contributed by atoms with Crippen LogP contribution in [-0.2, 0) is 13.5 Å². The van der Waals surface area contributed by atoms with Gasteiger partial charge in [0, 0.05) is 19.7 Å². The van der Waals surface area contributed by atoms with Crippen molar-refractivity contribution in [3.63, 3.8) is 0 Å². The lowest BCUT2D eigenvalue weighted by atomic mass is 9.89. The number of anilines is 1. The van der Waals surface area contributed by atoms with E-state index in [1.165, 1.54) is 43.6 Å². The molecule has 90 valence electrons. The van der Waals surface area contributed by atoms with Gasteiger partial charge in [-0.1, -0.05) is 26.2 Å². The molecule has 0 radical (unpaired) electrons. The fourth-order valence-corrected chi connectivity index (χ4v) is 2.51. The Kier molecular flexibility index (Phi) is 3.86. The number of aromatic nitrogens is 2. The molecule has 1 aromatic heterocycles. The lowest BCUT2D eigenvalue weighted by Gasteiger charge is -2.22. The highest BCUT2D eigenvalue weighted by Crippen LogP contribution is 2.24. The van der Waals surface area contributed by atoms with Crippen molar-refractivity contribution >= 4 is 5.82 Å². The van der Waals surface area contributed by atoms with Gasteiger partial charge in [0.25, 0.3) is 0 Å². The van der Waals surface area contributed by atoms with Crippen LogP contribution in [0.15, 0.2) is 6.07 Å². The van der Waals surface area contributed by atoms with Gasteiger partial charge in [0.15, 0.2) is 0 Å². The van der Waals surface area contributed by atoms with E-state index in [0.717, 1.165) is 18.9 Å². The predicted octanol–water partition coefficient (Wildman–Crippen LogP) is 2.97. The molecule has 1 saturated carbocycles. The number of nitrogens with one attached hydrogen (secondary N) is 1. The van der Waals surface area contributed by atoms with E-state index in [4.69, 9.17) is 0 Å². The number of hydrogen-bond acceptors (Lipinski definition) is 2. The van der Waals surface area contributed by atoms with Crippen LogP contribution >= 0.6 is 0 Å². The summed E-state index contributed by atoms with van der Waals surface area (Å²) in [5.74, 6) is 2.04. The Balaban J connectivity index is 1.85. The fourth-order valence-electron chi connectivity index (χ4n) is 2.51. The summed E-state index contributed by atoms with van der Waals surface area (Å²) in [5, 5.41) is 7.98. The van der Waals surface area contributed by atoms with Gasteiger partial charge in [-0.2, -0.15) is 5.10 Å². The molecule has 16 heavy (non-hydrogen) atoms. The molecule has 1 N–H and O–H groups in total. The predicted molar refractivity (Wildman–Crippen MR) is 67.7 cm³/mol. The zero-order chi connectivity index (χ0) is 11.4. The molecule has 2 rings (SSSR count). The van der Waals surface area contributed by atoms with Gasteiger partial charge in [-0.25, -0.2) is 0 Å². The zero-order valence-electron chi connectivity index (χ0n) is 10.5. The van der Waals surface area contributed by atoms with Crippen molar-refractivity contribution in [2.75, 3.05) is 11.9 Å². The smallest absolute Gasteiger partial charge is 0.124 e. The van der Waals surface area contributed by atoms with E-state index in [2.05, 4.69) is 23.4 Å². The van der Waals surface area contributed by atoms with E-state index in [-0.39, 0.29) is 0 Å². The lowest BCUT2D eigenvalue weighted by Crippen LogP contribution is -2.18. The summed E-state index contributed by atoms with van der Waals surface area (Å²) in [7, 11) is 2.02. The third-order valence-corrected chi connectivity index (χ3v) is 3.59. The fraction of sp³-hybridized carbons (Fsp3) is 0.769. The Hall–Kier alpha value is -0.990. The minimum Gasteiger partial charge on any atom is -0.370 e. The lowest BCUT2D eigenvalue weighted by molar-refractivity contribution is 0.373. The standard InChI is InChI=1S/C13H23N3/c1-3-12-9-13(16(2)15-12)14-10-11-7-5-4-6-8-11/h9,11,14H,3-8,10H2,1-2H3. The average molecular weight is 221 g/mol. The molecule has 0 aromatic carbocycles. The number of hydrogen-bond donors (Lipinski definition) is 1. The summed E-state index contributed by atoms with van der Waals surface area (Å²) in [4.78, 5) is 0. The Morgan fingerprint density at radius 2 is 2.12 bits per heavy atom. The quantitative estimate of drug-likeness (QED) is 0.847. The van der Waals surface area contributed by atoms with E-state index in [1.807, 2.05) is 11.7 Å². The first kappa shape index (κ1) is 11.5. The molecule has 3 heteroatoms. The average Bonchev–Trinajstić information content (AvgIpc) is 2.69. The molecule has 0 saturated heterocycles. The number of rotatable bonds is 4. The maximum atomic E-state index is 4.45. The zero-order valence-corrected chi connectivity index (χ0v) is 10.5. The van der Waals surface area contributed by atoms with Crippen LogP contribution in [-0.4, -0.2) is 16.3 Å². The van der Waals surface area contributed by atoms with Crippen LogP contribution in [0, 0.1) is 5.92 Å². The van der Waals surface area contributed by atoms with E-state index in [9.17, 15) is 0 Å². The molecule has 0 atom stereocenters. The van der Waals surface area contributed by atoms with Crippen molar-refractivity contribution in [2.45, 2.75) is 45.4 Å². The van der Waals surface area contributed by atoms with Gasteiger partial charge in [0.1, 0.15) is 5.82 Å². The Morgan fingerprint density at radius 1 is 1.38 bits per heavy atom. The first-order valence-corrected chi connectivity index (χ1v) is 6.56. The Labute approximate surface area is 98.2 Å². The van der Waals surface area contributed by atoms with Crippen molar-refractivity contribution in [3.8, 4) is 0 Å². The molecule has 1 aliphatic carbocycles. The van der Waals surface area contributed by atoms with E-state index < -0.39 is 0 Å². The summed E-state index contributed by atoms with van der Waals surface area (Å²) in [6.45, 7) is 3.26. The third kappa shape index (κ3) is 2.77. The van der Waals surface area contributed by atoms with Crippen LogP contribution in [0.2, 0.25) is 0 Å². The second kappa shape index (κ2) is 5.37. The van der Waals surface area contributed by atoms with Crippen molar-refractivity contribution in [3.05, 3.63) is 11.8 Å². The molecular formula is C13H23N3. The molecule has 0 spiro atoms. The van der Waals surface area contributed by atoms with Gasteiger partial charge >= 0.3 is 0 Å². The second-order valence-corrected chi connectivity index (χ2v) is 4.88. The van der Waals surface area contributed by atoms with Gasteiger partial charge < -0.3 is 5.32 Å². The minimum absolute atomic E-state index is 0.869. The number of aryl methyl sites for hydroxylation is 2. The molecule has 0 aliphatic heterocycles. The highest BCUT2D eigenvalue weighted by atomic mass is 15.3. The van der Waals surface area contributed by atoms with Crippen LogP contribution in [0.5, 0.6) is 0 Å². The maximum absolute atomic E-state index is 4.45. The normalized spacial score (nSPS) is 17.6. The summed E-state index contributed by atoms with van der Waals surface area (Å²) >= 11 is 0.